The summed E-state index contributed by atoms with van der Waals surface area (Å²) >= 11 is 0. The minimum atomic E-state index is 0.856. The quantitative estimate of drug-likeness (QED) is 0.529. The molecular weight excluding hydrogens is 138 g/mol. The van der Waals surface area contributed by atoms with Gasteiger partial charge in [-0.1, -0.05) is 13.8 Å². The van der Waals surface area contributed by atoms with Crippen LogP contribution in [0.4, 0.5) is 0 Å². The van der Waals surface area contributed by atoms with Crippen LogP contribution in [0.2, 0.25) is 0 Å². The molecule has 0 saturated carbocycles. The van der Waals surface area contributed by atoms with Crippen LogP contribution in [0.15, 0.2) is 4.99 Å². The molecule has 0 aromatic rings. The predicted octanol–water partition coefficient (Wildman–Crippen LogP) is 2.63. The van der Waals surface area contributed by atoms with Crippen molar-refractivity contribution >= 4 is 5.90 Å². The molecule has 1 aliphatic heterocycles. The Morgan fingerprint density at radius 2 is 1.91 bits per heavy atom. The SMILES string of the molecule is CC.CC1=NCCCCCO1. The summed E-state index contributed by atoms with van der Waals surface area (Å²) in [5, 5.41) is 0. The Balaban J connectivity index is 0.000000461. The van der Waals surface area contributed by atoms with Gasteiger partial charge < -0.3 is 4.74 Å². The van der Waals surface area contributed by atoms with E-state index in [2.05, 4.69) is 4.99 Å². The van der Waals surface area contributed by atoms with E-state index in [1.54, 1.807) is 0 Å². The van der Waals surface area contributed by atoms with Crippen LogP contribution in [-0.2, 0) is 4.74 Å². The summed E-state index contributed by atoms with van der Waals surface area (Å²) in [5.41, 5.74) is 0. The molecule has 0 unspecified atom stereocenters. The normalized spacial score (nSPS) is 17.9. The highest BCUT2D eigenvalue weighted by molar-refractivity contribution is 5.73. The van der Waals surface area contributed by atoms with Crippen molar-refractivity contribution in [2.24, 2.45) is 4.99 Å². The van der Waals surface area contributed by atoms with E-state index in [9.17, 15) is 0 Å². The zero-order valence-electron chi connectivity index (χ0n) is 7.89. The van der Waals surface area contributed by atoms with Gasteiger partial charge in [0.25, 0.3) is 0 Å². The number of rotatable bonds is 0. The van der Waals surface area contributed by atoms with Gasteiger partial charge in [-0.3, -0.25) is 4.99 Å². The Morgan fingerprint density at radius 1 is 1.18 bits per heavy atom. The van der Waals surface area contributed by atoms with Gasteiger partial charge in [0.1, 0.15) is 0 Å². The van der Waals surface area contributed by atoms with Crippen molar-refractivity contribution in [3.63, 3.8) is 0 Å². The van der Waals surface area contributed by atoms with Crippen LogP contribution in [-0.4, -0.2) is 19.0 Å². The lowest BCUT2D eigenvalue weighted by atomic mass is 10.2. The van der Waals surface area contributed by atoms with Gasteiger partial charge >= 0.3 is 0 Å². The zero-order chi connectivity index (χ0) is 8.53. The minimum Gasteiger partial charge on any atom is -0.481 e. The molecular formula is C9H19NO. The standard InChI is InChI=1S/C7H13NO.C2H6/c1-7-8-5-3-2-4-6-9-7;1-2/h2-6H2,1H3;1-2H3. The largest absolute Gasteiger partial charge is 0.481 e. The Hall–Kier alpha value is -0.530. The first kappa shape index (κ1) is 10.5. The topological polar surface area (TPSA) is 21.6 Å². The summed E-state index contributed by atoms with van der Waals surface area (Å²) in [7, 11) is 0. The van der Waals surface area contributed by atoms with Gasteiger partial charge in [0, 0.05) is 13.5 Å². The summed E-state index contributed by atoms with van der Waals surface area (Å²) in [4.78, 5) is 4.18. The van der Waals surface area contributed by atoms with Crippen LogP contribution < -0.4 is 0 Å². The van der Waals surface area contributed by atoms with Crippen molar-refractivity contribution in [1.29, 1.82) is 0 Å². The lowest BCUT2D eigenvalue weighted by Crippen LogP contribution is -2.05. The minimum absolute atomic E-state index is 0.856. The molecule has 0 fully saturated rings. The summed E-state index contributed by atoms with van der Waals surface area (Å²) < 4.78 is 5.23. The fourth-order valence-corrected chi connectivity index (χ4v) is 0.893. The van der Waals surface area contributed by atoms with Crippen molar-refractivity contribution in [3.8, 4) is 0 Å². The lowest BCUT2D eigenvalue weighted by Gasteiger charge is -2.07. The Labute approximate surface area is 69.7 Å². The van der Waals surface area contributed by atoms with Gasteiger partial charge in [-0.2, -0.15) is 0 Å². The highest BCUT2D eigenvalue weighted by atomic mass is 16.5. The van der Waals surface area contributed by atoms with Crippen molar-refractivity contribution in [3.05, 3.63) is 0 Å². The molecule has 2 nitrogen and oxygen atoms in total. The average molecular weight is 157 g/mol. The van der Waals surface area contributed by atoms with Gasteiger partial charge in [-0.25, -0.2) is 0 Å². The first-order valence-corrected chi connectivity index (χ1v) is 4.53. The maximum absolute atomic E-state index is 5.23. The van der Waals surface area contributed by atoms with Gasteiger partial charge in [-0.15, -0.1) is 0 Å². The van der Waals surface area contributed by atoms with Gasteiger partial charge in [0.2, 0.25) is 0 Å². The molecule has 0 spiro atoms. The van der Waals surface area contributed by atoms with E-state index >= 15 is 0 Å². The fourth-order valence-electron chi connectivity index (χ4n) is 0.893. The Kier molecular flexibility index (Phi) is 7.21. The number of aliphatic imine (C=N–C) groups is 1. The third-order valence-electron chi connectivity index (χ3n) is 1.45. The molecule has 0 aliphatic carbocycles. The molecule has 0 saturated heterocycles. The fraction of sp³-hybridized carbons (Fsp3) is 0.889. The Bertz CT molecular complexity index is 110. The van der Waals surface area contributed by atoms with E-state index in [1.165, 1.54) is 19.3 Å². The monoisotopic (exact) mass is 157 g/mol. The van der Waals surface area contributed by atoms with E-state index in [1.807, 2.05) is 20.8 Å². The van der Waals surface area contributed by atoms with E-state index in [-0.39, 0.29) is 0 Å². The molecule has 0 bridgehead atoms. The second-order valence-electron chi connectivity index (χ2n) is 2.31. The van der Waals surface area contributed by atoms with Crippen LogP contribution in [0.3, 0.4) is 0 Å². The van der Waals surface area contributed by atoms with Crippen LogP contribution in [0.25, 0.3) is 0 Å². The summed E-state index contributed by atoms with van der Waals surface area (Å²) in [6.07, 6.45) is 3.67. The third kappa shape index (κ3) is 5.89. The van der Waals surface area contributed by atoms with Crippen LogP contribution in [0.1, 0.15) is 40.0 Å². The second kappa shape index (κ2) is 7.58. The predicted molar refractivity (Wildman–Crippen MR) is 49.1 cm³/mol. The van der Waals surface area contributed by atoms with E-state index in [0.717, 1.165) is 19.0 Å². The number of nitrogens with zero attached hydrogens (tertiary/aromatic N) is 1. The van der Waals surface area contributed by atoms with Gasteiger partial charge in [-0.05, 0) is 19.3 Å². The lowest BCUT2D eigenvalue weighted by molar-refractivity contribution is 0.283. The molecule has 0 aromatic heterocycles. The van der Waals surface area contributed by atoms with Crippen LogP contribution in [0, 0.1) is 0 Å². The second-order valence-corrected chi connectivity index (χ2v) is 2.31. The summed E-state index contributed by atoms with van der Waals surface area (Å²) in [5.74, 6) is 0.856. The maximum Gasteiger partial charge on any atom is 0.179 e. The number of ether oxygens (including phenoxy) is 1. The van der Waals surface area contributed by atoms with Crippen molar-refractivity contribution in [2.45, 2.75) is 40.0 Å². The third-order valence-corrected chi connectivity index (χ3v) is 1.45. The Morgan fingerprint density at radius 3 is 2.64 bits per heavy atom. The molecule has 0 atom stereocenters. The molecule has 0 N–H and O–H groups in total. The number of hydrogen-bond donors (Lipinski definition) is 0. The van der Waals surface area contributed by atoms with Gasteiger partial charge in [0.15, 0.2) is 5.90 Å². The molecule has 11 heavy (non-hydrogen) atoms. The van der Waals surface area contributed by atoms with Crippen LogP contribution >= 0.6 is 0 Å². The molecule has 66 valence electrons. The van der Waals surface area contributed by atoms with E-state index < -0.39 is 0 Å². The van der Waals surface area contributed by atoms with Crippen molar-refractivity contribution in [2.75, 3.05) is 13.2 Å². The van der Waals surface area contributed by atoms with Crippen molar-refractivity contribution < 1.29 is 4.74 Å². The summed E-state index contributed by atoms with van der Waals surface area (Å²) in [6.45, 7) is 7.73. The molecule has 0 radical (unpaired) electrons. The molecule has 1 aliphatic rings. The highest BCUT2D eigenvalue weighted by Gasteiger charge is 1.96. The molecule has 0 aromatic carbocycles. The van der Waals surface area contributed by atoms with E-state index in [4.69, 9.17) is 4.74 Å². The van der Waals surface area contributed by atoms with Crippen molar-refractivity contribution in [1.82, 2.24) is 0 Å². The number of hydrogen-bond acceptors (Lipinski definition) is 2. The molecule has 1 rings (SSSR count). The van der Waals surface area contributed by atoms with Crippen LogP contribution in [0.5, 0.6) is 0 Å². The first-order chi connectivity index (χ1) is 5.39. The highest BCUT2D eigenvalue weighted by Crippen LogP contribution is 2.00. The first-order valence-electron chi connectivity index (χ1n) is 4.53. The van der Waals surface area contributed by atoms with E-state index in [0.29, 0.717) is 0 Å². The molecule has 0 amide bonds. The van der Waals surface area contributed by atoms with Gasteiger partial charge in [0.05, 0.1) is 6.61 Å². The molecule has 1 heterocycles. The summed E-state index contributed by atoms with van der Waals surface area (Å²) in [6, 6.07) is 0. The smallest absolute Gasteiger partial charge is 0.179 e. The molecule has 2 heteroatoms. The maximum atomic E-state index is 5.23. The average Bonchev–Trinajstić information content (AvgIpc) is 2.01. The zero-order valence-corrected chi connectivity index (χ0v) is 7.89.